The van der Waals surface area contributed by atoms with Gasteiger partial charge in [0.25, 0.3) is 0 Å². The number of unbranched alkanes of at least 4 members (excludes halogenated alkanes) is 18. The Labute approximate surface area is 428 Å². The van der Waals surface area contributed by atoms with Crippen LogP contribution in [0.1, 0.15) is 194 Å². The van der Waals surface area contributed by atoms with Crippen LogP contribution >= 0.6 is 0 Å². The van der Waals surface area contributed by atoms with Crippen molar-refractivity contribution < 1.29 is 28.6 Å². The van der Waals surface area contributed by atoms with Gasteiger partial charge in [-0.2, -0.15) is 0 Å². The van der Waals surface area contributed by atoms with E-state index in [0.717, 1.165) is 116 Å². The van der Waals surface area contributed by atoms with Gasteiger partial charge in [0.15, 0.2) is 6.10 Å². The fourth-order valence-corrected chi connectivity index (χ4v) is 6.73. The largest absolute Gasteiger partial charge is 0.462 e. The summed E-state index contributed by atoms with van der Waals surface area (Å²) in [5.41, 5.74) is 0. The summed E-state index contributed by atoms with van der Waals surface area (Å²) in [4.78, 5) is 38.1. The monoisotopic (exact) mass is 961 g/mol. The second kappa shape index (κ2) is 56.4. The molecule has 0 aromatic carbocycles. The molecule has 0 N–H and O–H groups in total. The minimum Gasteiger partial charge on any atom is -0.462 e. The Bertz CT molecular complexity index is 1670. The van der Waals surface area contributed by atoms with Crippen LogP contribution in [0, 0.1) is 0 Å². The molecule has 0 aromatic rings. The summed E-state index contributed by atoms with van der Waals surface area (Å²) in [6, 6.07) is 0. The fourth-order valence-electron chi connectivity index (χ4n) is 6.73. The van der Waals surface area contributed by atoms with Crippen LogP contribution in [0.15, 0.2) is 170 Å². The maximum atomic E-state index is 12.8. The predicted molar refractivity (Wildman–Crippen MR) is 301 cm³/mol. The number of hydrogen-bond acceptors (Lipinski definition) is 6. The van der Waals surface area contributed by atoms with E-state index in [0.29, 0.717) is 12.8 Å². The second-order valence-electron chi connectivity index (χ2n) is 17.4. The third-order valence-electron chi connectivity index (χ3n) is 10.8. The van der Waals surface area contributed by atoms with Gasteiger partial charge in [-0.05, 0) is 83.5 Å². The maximum Gasteiger partial charge on any atom is 0.306 e. The quantitative estimate of drug-likeness (QED) is 0.0262. The van der Waals surface area contributed by atoms with E-state index in [1.165, 1.54) is 32.1 Å². The highest BCUT2D eigenvalue weighted by atomic mass is 16.6. The van der Waals surface area contributed by atoms with Crippen LogP contribution in [0.2, 0.25) is 0 Å². The first-order valence-electron chi connectivity index (χ1n) is 27.3. The fraction of sp³-hybridized carbons (Fsp3) is 0.516. The lowest BCUT2D eigenvalue weighted by molar-refractivity contribution is -0.167. The minimum absolute atomic E-state index is 0.123. The maximum absolute atomic E-state index is 12.8. The van der Waals surface area contributed by atoms with Crippen molar-refractivity contribution in [2.75, 3.05) is 13.2 Å². The topological polar surface area (TPSA) is 78.9 Å². The van der Waals surface area contributed by atoms with E-state index < -0.39 is 6.10 Å². The molecule has 0 saturated heterocycles. The molecule has 0 rings (SSSR count). The number of allylic oxidation sites excluding steroid dienone is 28. The van der Waals surface area contributed by atoms with Gasteiger partial charge in [0.1, 0.15) is 13.2 Å². The van der Waals surface area contributed by atoms with Gasteiger partial charge in [0.2, 0.25) is 0 Å². The molecule has 0 aliphatic rings. The van der Waals surface area contributed by atoms with Crippen molar-refractivity contribution in [3.05, 3.63) is 170 Å². The van der Waals surface area contributed by atoms with E-state index in [2.05, 4.69) is 93.7 Å². The normalized spacial score (nSPS) is 13.5. The molecule has 0 aliphatic heterocycles. The molecule has 0 aromatic heterocycles. The molecule has 0 fully saturated rings. The summed E-state index contributed by atoms with van der Waals surface area (Å²) in [5.74, 6) is -1.02. The molecule has 1 unspecified atom stereocenters. The molecule has 6 nitrogen and oxygen atoms in total. The highest BCUT2D eigenvalue weighted by Crippen LogP contribution is 2.13. The molecule has 0 radical (unpaired) electrons. The van der Waals surface area contributed by atoms with Crippen LogP contribution in [-0.2, 0) is 28.6 Å². The summed E-state index contributed by atoms with van der Waals surface area (Å²) in [7, 11) is 0. The highest BCUT2D eigenvalue weighted by molar-refractivity contribution is 5.71. The van der Waals surface area contributed by atoms with Crippen LogP contribution in [0.25, 0.3) is 0 Å². The van der Waals surface area contributed by atoms with Crippen molar-refractivity contribution >= 4 is 17.9 Å². The third kappa shape index (κ3) is 53.7. The van der Waals surface area contributed by atoms with Crippen LogP contribution in [0.3, 0.4) is 0 Å². The van der Waals surface area contributed by atoms with Gasteiger partial charge in [-0.25, -0.2) is 0 Å². The average molecular weight is 961 g/mol. The number of carbonyl (C=O) groups excluding carboxylic acids is 3. The summed E-state index contributed by atoms with van der Waals surface area (Å²) in [6.45, 7) is 6.23. The minimum atomic E-state index is -0.828. The van der Waals surface area contributed by atoms with Crippen LogP contribution < -0.4 is 0 Å². The van der Waals surface area contributed by atoms with Gasteiger partial charge in [-0.3, -0.25) is 14.4 Å². The number of hydrogen-bond donors (Lipinski definition) is 0. The smallest absolute Gasteiger partial charge is 0.306 e. The van der Waals surface area contributed by atoms with Crippen molar-refractivity contribution in [3.8, 4) is 0 Å². The van der Waals surface area contributed by atoms with E-state index >= 15 is 0 Å². The predicted octanol–water partition coefficient (Wildman–Crippen LogP) is 18.4. The van der Waals surface area contributed by atoms with E-state index in [9.17, 15) is 14.4 Å². The van der Waals surface area contributed by atoms with Crippen molar-refractivity contribution in [3.63, 3.8) is 0 Å². The Kier molecular flexibility index (Phi) is 52.1. The lowest BCUT2D eigenvalue weighted by Gasteiger charge is -2.18. The second-order valence-corrected chi connectivity index (χ2v) is 17.4. The molecule has 1 atom stereocenters. The highest BCUT2D eigenvalue weighted by Gasteiger charge is 2.19. The molecule has 0 spiro atoms. The van der Waals surface area contributed by atoms with Crippen molar-refractivity contribution in [2.45, 2.75) is 200 Å². The van der Waals surface area contributed by atoms with Gasteiger partial charge >= 0.3 is 17.9 Å². The van der Waals surface area contributed by atoms with Gasteiger partial charge < -0.3 is 14.2 Å². The lowest BCUT2D eigenvalue weighted by Crippen LogP contribution is -2.30. The Morgan fingerprint density at radius 3 is 0.886 bits per heavy atom. The first kappa shape index (κ1) is 64.8. The zero-order valence-corrected chi connectivity index (χ0v) is 44.2. The summed E-state index contributed by atoms with van der Waals surface area (Å²) in [6.07, 6.45) is 83.2. The third-order valence-corrected chi connectivity index (χ3v) is 10.8. The standard InChI is InChI=1S/C64H96O6/c1-4-7-10-13-16-19-22-25-28-30-32-34-36-39-42-45-48-51-54-57-63(66)69-60-61(59-68-62(65)56-53-50-47-44-41-38-35-27-24-21-18-15-12-9-6-3)70-64(67)58-55-52-49-46-43-40-37-33-31-29-26-23-20-17-14-11-8-5-2/h7,9-10,12-13,15-16,18-19,21-37,39,42,61H,4-6,8,11,14,17,20,38,40-41,43-60H2,1-3H3/b10-7-,12-9-,16-13-,18-15-,22-19-,24-21-,26-23-,28-25-,31-29-,32-30+,35-27-,36-34-,37-33-,42-39-. The number of esters is 3. The summed E-state index contributed by atoms with van der Waals surface area (Å²) < 4.78 is 16.8. The van der Waals surface area contributed by atoms with Crippen LogP contribution in [0.5, 0.6) is 0 Å². The van der Waals surface area contributed by atoms with Gasteiger partial charge in [-0.1, -0.05) is 262 Å². The molecule has 0 bridgehead atoms. The molecular weight excluding hydrogens is 865 g/mol. The van der Waals surface area contributed by atoms with E-state index in [1.807, 2.05) is 97.2 Å². The number of carbonyl (C=O) groups is 3. The molecule has 0 amide bonds. The molecule has 6 heteroatoms. The Morgan fingerprint density at radius 1 is 0.300 bits per heavy atom. The van der Waals surface area contributed by atoms with E-state index in [-0.39, 0.29) is 44.0 Å². The van der Waals surface area contributed by atoms with Crippen LogP contribution in [-0.4, -0.2) is 37.2 Å². The lowest BCUT2D eigenvalue weighted by atomic mass is 10.1. The van der Waals surface area contributed by atoms with Crippen molar-refractivity contribution in [1.29, 1.82) is 0 Å². The van der Waals surface area contributed by atoms with E-state index in [4.69, 9.17) is 14.2 Å². The van der Waals surface area contributed by atoms with Crippen molar-refractivity contribution in [1.82, 2.24) is 0 Å². The number of ether oxygens (including phenoxy) is 3. The Balaban J connectivity index is 4.62. The van der Waals surface area contributed by atoms with Gasteiger partial charge in [-0.15, -0.1) is 0 Å². The Morgan fingerprint density at radius 2 is 0.557 bits per heavy atom. The van der Waals surface area contributed by atoms with Crippen LogP contribution in [0.4, 0.5) is 0 Å². The summed E-state index contributed by atoms with van der Waals surface area (Å²) >= 11 is 0. The zero-order chi connectivity index (χ0) is 50.7. The van der Waals surface area contributed by atoms with Crippen molar-refractivity contribution in [2.24, 2.45) is 0 Å². The molecule has 0 aliphatic carbocycles. The van der Waals surface area contributed by atoms with Gasteiger partial charge in [0, 0.05) is 19.3 Å². The molecule has 388 valence electrons. The average Bonchev–Trinajstić information content (AvgIpc) is 3.36. The van der Waals surface area contributed by atoms with E-state index in [1.54, 1.807) is 0 Å². The first-order chi connectivity index (χ1) is 34.5. The number of rotatable bonds is 46. The summed E-state index contributed by atoms with van der Waals surface area (Å²) in [5, 5.41) is 0. The first-order valence-corrected chi connectivity index (χ1v) is 27.3. The molecule has 0 saturated carbocycles. The SMILES string of the molecule is CC\C=C/C=C\C=C/C=C\C=C\C=C/C=C\CCCCCC(=O)OCC(COC(=O)CCCCCCC\C=C/C=C\C=C/C=C\CC)OC(=O)CCCCCCC\C=C/C=C\C=C/CCCCCCC. The Hall–Kier alpha value is -5.23. The zero-order valence-electron chi connectivity index (χ0n) is 44.2. The molecule has 70 heavy (non-hydrogen) atoms. The molecule has 0 heterocycles. The molecular formula is C64H96O6. The van der Waals surface area contributed by atoms with Gasteiger partial charge in [0.05, 0.1) is 0 Å².